The lowest BCUT2D eigenvalue weighted by Crippen LogP contribution is -2.12. The first-order valence-electron chi connectivity index (χ1n) is 9.53. The second-order valence-electron chi connectivity index (χ2n) is 8.84. The van der Waals surface area contributed by atoms with Gasteiger partial charge in [0.05, 0.1) is 0 Å². The first-order valence-corrected chi connectivity index (χ1v) is 10.5. The highest BCUT2D eigenvalue weighted by molar-refractivity contribution is 7.98. The van der Waals surface area contributed by atoms with Gasteiger partial charge in [0.2, 0.25) is 0 Å². The SMILES string of the molecule is Cc1cc(C(C)(C)C)cc(C)c1CSc1nnc(C2CC2)n1C1CC1. The summed E-state index contributed by atoms with van der Waals surface area (Å²) in [4.78, 5) is 0. The molecule has 0 N–H and O–H groups in total. The van der Waals surface area contributed by atoms with Crippen molar-refractivity contribution in [3.8, 4) is 0 Å². The molecule has 0 aliphatic heterocycles. The Morgan fingerprint density at radius 2 is 1.68 bits per heavy atom. The van der Waals surface area contributed by atoms with Crippen LogP contribution in [0.4, 0.5) is 0 Å². The monoisotopic (exact) mass is 355 g/mol. The van der Waals surface area contributed by atoms with Crippen LogP contribution in [0.15, 0.2) is 17.3 Å². The summed E-state index contributed by atoms with van der Waals surface area (Å²) in [6, 6.07) is 5.40. The van der Waals surface area contributed by atoms with Crippen molar-refractivity contribution in [1.29, 1.82) is 0 Å². The fraction of sp³-hybridized carbons (Fsp3) is 0.619. The first-order chi connectivity index (χ1) is 11.8. The normalized spacial score (nSPS) is 18.0. The first kappa shape index (κ1) is 17.1. The topological polar surface area (TPSA) is 30.7 Å². The van der Waals surface area contributed by atoms with Gasteiger partial charge >= 0.3 is 0 Å². The van der Waals surface area contributed by atoms with E-state index < -0.39 is 0 Å². The minimum Gasteiger partial charge on any atom is -0.303 e. The molecule has 2 saturated carbocycles. The van der Waals surface area contributed by atoms with Crippen molar-refractivity contribution in [1.82, 2.24) is 14.8 Å². The lowest BCUT2D eigenvalue weighted by molar-refractivity contribution is 0.589. The standard InChI is InChI=1S/C21H29N3S/c1-13-10-16(21(3,4)5)11-14(2)18(13)12-25-20-23-22-19(15-6-7-15)24(20)17-8-9-17/h10-11,15,17H,6-9,12H2,1-5H3. The van der Waals surface area contributed by atoms with E-state index in [4.69, 9.17) is 0 Å². The molecule has 0 spiro atoms. The summed E-state index contributed by atoms with van der Waals surface area (Å²) < 4.78 is 2.45. The van der Waals surface area contributed by atoms with Gasteiger partial charge in [-0.15, -0.1) is 10.2 Å². The van der Waals surface area contributed by atoms with Gasteiger partial charge in [-0.2, -0.15) is 0 Å². The van der Waals surface area contributed by atoms with Crippen LogP contribution in [-0.2, 0) is 11.2 Å². The van der Waals surface area contributed by atoms with E-state index in [0.29, 0.717) is 12.0 Å². The highest BCUT2D eigenvalue weighted by atomic mass is 32.2. The van der Waals surface area contributed by atoms with Gasteiger partial charge in [0.25, 0.3) is 0 Å². The molecular formula is C21H29N3S. The van der Waals surface area contributed by atoms with Gasteiger partial charge in [-0.05, 0) is 67.2 Å². The lowest BCUT2D eigenvalue weighted by Gasteiger charge is -2.22. The molecule has 2 fully saturated rings. The molecule has 25 heavy (non-hydrogen) atoms. The van der Waals surface area contributed by atoms with Crippen LogP contribution in [0.2, 0.25) is 0 Å². The zero-order chi connectivity index (χ0) is 17.8. The molecule has 0 saturated heterocycles. The Kier molecular flexibility index (Phi) is 4.22. The van der Waals surface area contributed by atoms with Crippen molar-refractivity contribution in [2.45, 2.75) is 88.6 Å². The summed E-state index contributed by atoms with van der Waals surface area (Å²) in [5.74, 6) is 2.91. The van der Waals surface area contributed by atoms with Crippen LogP contribution in [0.3, 0.4) is 0 Å². The van der Waals surface area contributed by atoms with Crippen molar-refractivity contribution < 1.29 is 0 Å². The fourth-order valence-corrected chi connectivity index (χ4v) is 4.68. The van der Waals surface area contributed by atoms with Gasteiger partial charge in [0.15, 0.2) is 5.16 Å². The van der Waals surface area contributed by atoms with Crippen LogP contribution in [0.1, 0.15) is 86.5 Å². The van der Waals surface area contributed by atoms with Gasteiger partial charge < -0.3 is 4.57 Å². The Labute approximate surface area is 155 Å². The second kappa shape index (κ2) is 6.15. The van der Waals surface area contributed by atoms with Gasteiger partial charge in [-0.3, -0.25) is 0 Å². The smallest absolute Gasteiger partial charge is 0.191 e. The Balaban J connectivity index is 1.56. The predicted octanol–water partition coefficient (Wildman–Crippen LogP) is 5.70. The van der Waals surface area contributed by atoms with Crippen LogP contribution >= 0.6 is 11.8 Å². The highest BCUT2D eigenvalue weighted by Gasteiger charge is 2.36. The third-order valence-electron chi connectivity index (χ3n) is 5.45. The number of nitrogens with zero attached hydrogens (tertiary/aromatic N) is 3. The van der Waals surface area contributed by atoms with E-state index in [1.807, 2.05) is 11.8 Å². The van der Waals surface area contributed by atoms with E-state index in [1.54, 1.807) is 0 Å². The van der Waals surface area contributed by atoms with Crippen LogP contribution in [0.5, 0.6) is 0 Å². The molecular weight excluding hydrogens is 326 g/mol. The number of aryl methyl sites for hydroxylation is 2. The third-order valence-corrected chi connectivity index (χ3v) is 6.42. The minimum atomic E-state index is 0.201. The molecule has 4 heteroatoms. The summed E-state index contributed by atoms with van der Waals surface area (Å²) in [7, 11) is 0. The Bertz CT molecular complexity index is 769. The zero-order valence-electron chi connectivity index (χ0n) is 16.1. The molecule has 2 aromatic rings. The number of thioether (sulfide) groups is 1. The van der Waals surface area contributed by atoms with E-state index in [2.05, 4.69) is 61.5 Å². The largest absolute Gasteiger partial charge is 0.303 e. The van der Waals surface area contributed by atoms with Crippen LogP contribution < -0.4 is 0 Å². The Morgan fingerprint density at radius 1 is 1.04 bits per heavy atom. The molecule has 0 unspecified atom stereocenters. The number of hydrogen-bond acceptors (Lipinski definition) is 3. The zero-order valence-corrected chi connectivity index (χ0v) is 16.9. The van der Waals surface area contributed by atoms with E-state index in [1.165, 1.54) is 53.8 Å². The number of rotatable bonds is 5. The number of aromatic nitrogens is 3. The fourth-order valence-electron chi connectivity index (χ4n) is 3.47. The van der Waals surface area contributed by atoms with Crippen molar-refractivity contribution in [2.24, 2.45) is 0 Å². The molecule has 2 aliphatic carbocycles. The van der Waals surface area contributed by atoms with Gasteiger partial charge in [-0.1, -0.05) is 44.7 Å². The van der Waals surface area contributed by atoms with E-state index in [0.717, 1.165) is 10.9 Å². The Morgan fingerprint density at radius 3 is 2.20 bits per heavy atom. The molecule has 2 aliphatic rings. The van der Waals surface area contributed by atoms with Crippen molar-refractivity contribution >= 4 is 11.8 Å². The average Bonchev–Trinajstić information content (AvgIpc) is 3.44. The lowest BCUT2D eigenvalue weighted by atomic mass is 9.84. The summed E-state index contributed by atoms with van der Waals surface area (Å²) in [6.07, 6.45) is 5.18. The second-order valence-corrected chi connectivity index (χ2v) is 9.79. The Hall–Kier alpha value is -1.29. The molecule has 3 nitrogen and oxygen atoms in total. The number of hydrogen-bond donors (Lipinski definition) is 0. The van der Waals surface area contributed by atoms with Crippen molar-refractivity contribution in [3.05, 3.63) is 40.2 Å². The van der Waals surface area contributed by atoms with Crippen LogP contribution in [-0.4, -0.2) is 14.8 Å². The number of benzene rings is 1. The summed E-state index contributed by atoms with van der Waals surface area (Å²) >= 11 is 1.87. The van der Waals surface area contributed by atoms with Gasteiger partial charge in [0.1, 0.15) is 5.82 Å². The van der Waals surface area contributed by atoms with E-state index in [9.17, 15) is 0 Å². The average molecular weight is 356 g/mol. The molecule has 0 amide bonds. The van der Waals surface area contributed by atoms with Gasteiger partial charge in [0, 0.05) is 17.7 Å². The maximum absolute atomic E-state index is 4.55. The van der Waals surface area contributed by atoms with E-state index in [-0.39, 0.29) is 5.41 Å². The minimum absolute atomic E-state index is 0.201. The van der Waals surface area contributed by atoms with Gasteiger partial charge in [-0.25, -0.2) is 0 Å². The van der Waals surface area contributed by atoms with E-state index >= 15 is 0 Å². The summed E-state index contributed by atoms with van der Waals surface area (Å²) in [5, 5.41) is 10.2. The summed E-state index contributed by atoms with van der Waals surface area (Å²) in [6.45, 7) is 11.4. The van der Waals surface area contributed by atoms with Crippen LogP contribution in [0, 0.1) is 13.8 Å². The highest BCUT2D eigenvalue weighted by Crippen LogP contribution is 2.46. The van der Waals surface area contributed by atoms with Crippen LogP contribution in [0.25, 0.3) is 0 Å². The quantitative estimate of drug-likeness (QED) is 0.645. The molecule has 4 rings (SSSR count). The molecule has 1 heterocycles. The summed E-state index contributed by atoms with van der Waals surface area (Å²) in [5.41, 5.74) is 5.88. The van der Waals surface area contributed by atoms with Crippen molar-refractivity contribution in [2.75, 3.05) is 0 Å². The molecule has 0 radical (unpaired) electrons. The van der Waals surface area contributed by atoms with Crippen molar-refractivity contribution in [3.63, 3.8) is 0 Å². The maximum atomic E-state index is 4.55. The molecule has 1 aromatic carbocycles. The molecule has 0 bridgehead atoms. The maximum Gasteiger partial charge on any atom is 0.191 e. The molecule has 1 aromatic heterocycles. The predicted molar refractivity (Wildman–Crippen MR) is 104 cm³/mol. The molecule has 134 valence electrons. The third kappa shape index (κ3) is 3.51. The molecule has 0 atom stereocenters.